The summed E-state index contributed by atoms with van der Waals surface area (Å²) in [7, 11) is 1.54. The van der Waals surface area contributed by atoms with Gasteiger partial charge >= 0.3 is 5.97 Å². The lowest BCUT2D eigenvalue weighted by Crippen LogP contribution is -2.01. The maximum Gasteiger partial charge on any atom is 0.336 e. The Morgan fingerprint density at radius 2 is 2.00 bits per heavy atom. The zero-order valence-corrected chi connectivity index (χ0v) is 12.8. The molecular formula is C17H15ClO4. The van der Waals surface area contributed by atoms with Gasteiger partial charge in [0.25, 0.3) is 0 Å². The molecule has 0 radical (unpaired) electrons. The van der Waals surface area contributed by atoms with E-state index in [4.69, 9.17) is 21.1 Å². The topological polar surface area (TPSA) is 55.8 Å². The molecule has 0 atom stereocenters. The summed E-state index contributed by atoms with van der Waals surface area (Å²) in [6.07, 6.45) is 2.36. The number of hydrogen-bond acceptors (Lipinski definition) is 3. The van der Waals surface area contributed by atoms with Crippen molar-refractivity contribution in [3.8, 4) is 22.6 Å². The van der Waals surface area contributed by atoms with Crippen molar-refractivity contribution in [2.45, 2.75) is 18.9 Å². The number of methoxy groups -OCH3 is 1. The van der Waals surface area contributed by atoms with Gasteiger partial charge in [0.15, 0.2) is 0 Å². The molecule has 1 aliphatic carbocycles. The first-order valence-electron chi connectivity index (χ1n) is 6.96. The highest BCUT2D eigenvalue weighted by molar-refractivity contribution is 6.32. The van der Waals surface area contributed by atoms with Crippen LogP contribution in [0, 0.1) is 0 Å². The number of benzene rings is 2. The summed E-state index contributed by atoms with van der Waals surface area (Å²) in [6, 6.07) is 10.2. The molecule has 114 valence electrons. The third kappa shape index (κ3) is 3.02. The third-order valence-electron chi connectivity index (χ3n) is 3.52. The quantitative estimate of drug-likeness (QED) is 0.895. The number of rotatable bonds is 5. The minimum Gasteiger partial charge on any atom is -0.497 e. The van der Waals surface area contributed by atoms with Crippen molar-refractivity contribution in [3.05, 3.63) is 47.0 Å². The van der Waals surface area contributed by atoms with Gasteiger partial charge in [-0.25, -0.2) is 4.79 Å². The van der Waals surface area contributed by atoms with Crippen LogP contribution in [0.1, 0.15) is 23.2 Å². The summed E-state index contributed by atoms with van der Waals surface area (Å²) < 4.78 is 10.9. The standard InChI is InChI=1S/C17H15ClO4/c1-21-12-5-6-13(17(19)20)14(9-12)10-2-7-16(15(18)8-10)22-11-3-4-11/h2,5-9,11H,3-4H2,1H3,(H,19,20). The first kappa shape index (κ1) is 14.7. The highest BCUT2D eigenvalue weighted by atomic mass is 35.5. The predicted octanol–water partition coefficient (Wildman–Crippen LogP) is 4.26. The number of carboxylic acid groups (broad SMARTS) is 1. The molecular weight excluding hydrogens is 304 g/mol. The molecule has 0 spiro atoms. The Balaban J connectivity index is 2.02. The van der Waals surface area contributed by atoms with Crippen LogP contribution < -0.4 is 9.47 Å². The van der Waals surface area contributed by atoms with Crippen molar-refractivity contribution in [2.75, 3.05) is 7.11 Å². The van der Waals surface area contributed by atoms with E-state index in [0.717, 1.165) is 12.8 Å². The number of halogens is 1. The Hall–Kier alpha value is -2.20. The Bertz CT molecular complexity index is 723. The zero-order chi connectivity index (χ0) is 15.7. The molecule has 0 heterocycles. The SMILES string of the molecule is COc1ccc(C(=O)O)c(-c2ccc(OC3CC3)c(Cl)c2)c1. The Morgan fingerprint density at radius 3 is 2.59 bits per heavy atom. The number of carboxylic acids is 1. The van der Waals surface area contributed by atoms with Gasteiger partial charge in [-0.05, 0) is 54.3 Å². The van der Waals surface area contributed by atoms with Gasteiger partial charge in [-0.3, -0.25) is 0 Å². The smallest absolute Gasteiger partial charge is 0.336 e. The predicted molar refractivity (Wildman–Crippen MR) is 84.0 cm³/mol. The molecule has 1 N–H and O–H groups in total. The van der Waals surface area contributed by atoms with Crippen LogP contribution >= 0.6 is 11.6 Å². The molecule has 4 nitrogen and oxygen atoms in total. The van der Waals surface area contributed by atoms with Crippen molar-refractivity contribution in [1.29, 1.82) is 0 Å². The molecule has 0 unspecified atom stereocenters. The summed E-state index contributed by atoms with van der Waals surface area (Å²) in [5.41, 5.74) is 1.48. The molecule has 0 bridgehead atoms. The molecule has 0 amide bonds. The zero-order valence-electron chi connectivity index (χ0n) is 12.0. The van der Waals surface area contributed by atoms with E-state index in [9.17, 15) is 9.90 Å². The van der Waals surface area contributed by atoms with Crippen LogP contribution in [-0.2, 0) is 0 Å². The fourth-order valence-electron chi connectivity index (χ4n) is 2.21. The average molecular weight is 319 g/mol. The number of ether oxygens (including phenoxy) is 2. The second-order valence-electron chi connectivity index (χ2n) is 5.18. The lowest BCUT2D eigenvalue weighted by molar-refractivity contribution is 0.0697. The molecule has 1 aliphatic rings. The molecule has 2 aromatic rings. The second-order valence-corrected chi connectivity index (χ2v) is 5.59. The fraction of sp³-hybridized carbons (Fsp3) is 0.235. The van der Waals surface area contributed by atoms with Gasteiger partial charge in [0.05, 0.1) is 23.8 Å². The van der Waals surface area contributed by atoms with Gasteiger partial charge in [0.2, 0.25) is 0 Å². The lowest BCUT2D eigenvalue weighted by Gasteiger charge is -2.12. The lowest BCUT2D eigenvalue weighted by atomic mass is 9.99. The van der Waals surface area contributed by atoms with Crippen molar-refractivity contribution >= 4 is 17.6 Å². The van der Waals surface area contributed by atoms with E-state index in [-0.39, 0.29) is 11.7 Å². The summed E-state index contributed by atoms with van der Waals surface area (Å²) in [4.78, 5) is 11.4. The monoisotopic (exact) mass is 318 g/mol. The van der Waals surface area contributed by atoms with Crippen LogP contribution in [0.5, 0.6) is 11.5 Å². The molecule has 22 heavy (non-hydrogen) atoms. The van der Waals surface area contributed by atoms with Crippen molar-refractivity contribution in [1.82, 2.24) is 0 Å². The van der Waals surface area contributed by atoms with Crippen molar-refractivity contribution in [2.24, 2.45) is 0 Å². The summed E-state index contributed by atoms with van der Waals surface area (Å²) in [5, 5.41) is 9.82. The maximum atomic E-state index is 11.4. The molecule has 0 aromatic heterocycles. The van der Waals surface area contributed by atoms with E-state index in [2.05, 4.69) is 0 Å². The Kier molecular flexibility index (Phi) is 3.94. The summed E-state index contributed by atoms with van der Waals surface area (Å²) in [6.45, 7) is 0. The Morgan fingerprint density at radius 1 is 1.23 bits per heavy atom. The highest BCUT2D eigenvalue weighted by Crippen LogP contribution is 2.36. The van der Waals surface area contributed by atoms with Crippen LogP contribution in [0.15, 0.2) is 36.4 Å². The molecule has 2 aromatic carbocycles. The van der Waals surface area contributed by atoms with Crippen LogP contribution in [0.4, 0.5) is 0 Å². The first-order valence-corrected chi connectivity index (χ1v) is 7.34. The van der Waals surface area contributed by atoms with Crippen LogP contribution in [0.2, 0.25) is 5.02 Å². The third-order valence-corrected chi connectivity index (χ3v) is 3.81. The van der Waals surface area contributed by atoms with E-state index in [1.54, 1.807) is 31.4 Å². The van der Waals surface area contributed by atoms with E-state index in [1.807, 2.05) is 6.07 Å². The van der Waals surface area contributed by atoms with Crippen LogP contribution in [0.25, 0.3) is 11.1 Å². The van der Waals surface area contributed by atoms with E-state index < -0.39 is 5.97 Å². The summed E-state index contributed by atoms with van der Waals surface area (Å²) in [5.74, 6) is 0.231. The largest absolute Gasteiger partial charge is 0.497 e. The molecule has 1 saturated carbocycles. The molecule has 0 saturated heterocycles. The van der Waals surface area contributed by atoms with E-state index in [0.29, 0.717) is 27.6 Å². The van der Waals surface area contributed by atoms with Gasteiger partial charge in [-0.1, -0.05) is 17.7 Å². The summed E-state index contributed by atoms with van der Waals surface area (Å²) >= 11 is 6.25. The van der Waals surface area contributed by atoms with Crippen LogP contribution in [-0.4, -0.2) is 24.3 Å². The molecule has 1 fully saturated rings. The van der Waals surface area contributed by atoms with Crippen molar-refractivity contribution in [3.63, 3.8) is 0 Å². The number of carbonyl (C=O) groups is 1. The van der Waals surface area contributed by atoms with Gasteiger partial charge < -0.3 is 14.6 Å². The normalized spacial score (nSPS) is 13.7. The van der Waals surface area contributed by atoms with E-state index in [1.165, 1.54) is 6.07 Å². The van der Waals surface area contributed by atoms with Gasteiger partial charge in [-0.15, -0.1) is 0 Å². The maximum absolute atomic E-state index is 11.4. The molecule has 3 rings (SSSR count). The van der Waals surface area contributed by atoms with E-state index >= 15 is 0 Å². The molecule has 0 aliphatic heterocycles. The second kappa shape index (κ2) is 5.89. The van der Waals surface area contributed by atoms with Crippen molar-refractivity contribution < 1.29 is 19.4 Å². The van der Waals surface area contributed by atoms with Gasteiger partial charge in [0, 0.05) is 0 Å². The Labute approximate surface area is 133 Å². The number of aromatic carboxylic acids is 1. The highest BCUT2D eigenvalue weighted by Gasteiger charge is 2.24. The number of hydrogen-bond donors (Lipinski definition) is 1. The van der Waals surface area contributed by atoms with Gasteiger partial charge in [-0.2, -0.15) is 0 Å². The minimum absolute atomic E-state index is 0.202. The first-order chi connectivity index (χ1) is 10.6. The average Bonchev–Trinajstić information content (AvgIpc) is 3.32. The fourth-order valence-corrected chi connectivity index (χ4v) is 2.43. The molecule has 5 heteroatoms. The van der Waals surface area contributed by atoms with Gasteiger partial charge in [0.1, 0.15) is 11.5 Å². The van der Waals surface area contributed by atoms with Crippen LogP contribution in [0.3, 0.4) is 0 Å². The minimum atomic E-state index is -0.993.